The van der Waals surface area contributed by atoms with Gasteiger partial charge in [0.05, 0.1) is 17.8 Å². The Labute approximate surface area is 259 Å². The number of ketones is 1. The molecule has 7 nitrogen and oxygen atoms in total. The summed E-state index contributed by atoms with van der Waals surface area (Å²) < 4.78 is 63.1. The summed E-state index contributed by atoms with van der Waals surface area (Å²) in [4.78, 5) is 26.0. The largest absolute Gasteiger partial charge is 0.490 e. The lowest BCUT2D eigenvalue weighted by molar-refractivity contribution is -0.130. The van der Waals surface area contributed by atoms with Crippen LogP contribution in [0, 0.1) is 11.7 Å². The van der Waals surface area contributed by atoms with Crippen molar-refractivity contribution in [3.63, 3.8) is 0 Å². The number of carbonyl (C=O) groups excluding carboxylic acids is 2. The summed E-state index contributed by atoms with van der Waals surface area (Å²) in [5, 5.41) is 3.11. The van der Waals surface area contributed by atoms with Crippen molar-refractivity contribution >= 4 is 21.7 Å². The Morgan fingerprint density at radius 3 is 2.43 bits per heavy atom. The third kappa shape index (κ3) is 6.86. The summed E-state index contributed by atoms with van der Waals surface area (Å²) in [7, 11) is -3.77. The second-order valence-electron chi connectivity index (χ2n) is 14.3. The van der Waals surface area contributed by atoms with Gasteiger partial charge in [-0.1, -0.05) is 24.6 Å². The number of amides is 1. The van der Waals surface area contributed by atoms with Gasteiger partial charge in [0.25, 0.3) is 0 Å². The molecule has 3 fully saturated rings. The molecule has 2 aromatic rings. The van der Waals surface area contributed by atoms with Gasteiger partial charge in [-0.05, 0) is 107 Å². The minimum absolute atomic E-state index is 0.00453. The van der Waals surface area contributed by atoms with E-state index in [1.807, 2.05) is 19.9 Å². The fourth-order valence-electron chi connectivity index (χ4n) is 6.89. The summed E-state index contributed by atoms with van der Waals surface area (Å²) in [5.74, 6) is -0.709. The van der Waals surface area contributed by atoms with E-state index < -0.39 is 32.6 Å². The second-order valence-corrected chi connectivity index (χ2v) is 16.0. The second kappa shape index (κ2) is 11.8. The van der Waals surface area contributed by atoms with Gasteiger partial charge in [0.2, 0.25) is 15.9 Å². The first-order chi connectivity index (χ1) is 20.5. The van der Waals surface area contributed by atoms with Gasteiger partial charge in [0.15, 0.2) is 11.5 Å². The maximum Gasteiger partial charge on any atom is 0.243 e. The summed E-state index contributed by atoms with van der Waals surface area (Å²) in [5.41, 5.74) is -0.987. The molecule has 0 radical (unpaired) electrons. The van der Waals surface area contributed by atoms with Crippen LogP contribution in [0.4, 0.5) is 8.78 Å². The highest BCUT2D eigenvalue weighted by atomic mass is 32.2. The summed E-state index contributed by atoms with van der Waals surface area (Å²) >= 11 is 0. The molecule has 44 heavy (non-hydrogen) atoms. The number of rotatable bonds is 10. The molecule has 1 amide bonds. The number of hydrogen-bond acceptors (Lipinski definition) is 6. The highest BCUT2D eigenvalue weighted by molar-refractivity contribution is 7.89. The molecule has 0 unspecified atom stereocenters. The molecule has 2 aromatic carbocycles. The SMILES string of the molecule is CC1(C)C[C@@](F)(C(=O)C[C@@H]2CC[C@@H](Oc3ccc(C(C)(C)C(=O)NS(C)(=O)=O)cc3-c3cccc(F)c3C3CCC3)C2)CN1. The van der Waals surface area contributed by atoms with Crippen LogP contribution in [-0.4, -0.2) is 50.2 Å². The number of carbonyl (C=O) groups is 2. The molecule has 5 rings (SSSR count). The van der Waals surface area contributed by atoms with E-state index in [2.05, 4.69) is 10.0 Å². The lowest BCUT2D eigenvalue weighted by Crippen LogP contribution is -2.42. The van der Waals surface area contributed by atoms with E-state index in [-0.39, 0.29) is 48.9 Å². The smallest absolute Gasteiger partial charge is 0.243 e. The van der Waals surface area contributed by atoms with Crippen LogP contribution < -0.4 is 14.8 Å². The summed E-state index contributed by atoms with van der Waals surface area (Å²) in [6, 6.07) is 10.3. The van der Waals surface area contributed by atoms with Crippen LogP contribution in [0.1, 0.15) is 96.1 Å². The molecule has 3 atom stereocenters. The van der Waals surface area contributed by atoms with Crippen LogP contribution in [0.15, 0.2) is 36.4 Å². The lowest BCUT2D eigenvalue weighted by atomic mass is 9.76. The molecule has 1 heterocycles. The minimum Gasteiger partial charge on any atom is -0.490 e. The van der Waals surface area contributed by atoms with Gasteiger partial charge < -0.3 is 10.1 Å². The van der Waals surface area contributed by atoms with E-state index in [1.54, 1.807) is 38.1 Å². The van der Waals surface area contributed by atoms with Gasteiger partial charge in [-0.25, -0.2) is 17.2 Å². The molecule has 1 saturated heterocycles. The van der Waals surface area contributed by atoms with Crippen LogP contribution >= 0.6 is 0 Å². The first-order valence-corrected chi connectivity index (χ1v) is 17.5. The Kier molecular flexibility index (Phi) is 8.74. The van der Waals surface area contributed by atoms with Gasteiger partial charge in [-0.3, -0.25) is 14.3 Å². The van der Waals surface area contributed by atoms with Crippen molar-refractivity contribution in [2.45, 2.75) is 108 Å². The van der Waals surface area contributed by atoms with Crippen LogP contribution in [0.5, 0.6) is 5.75 Å². The third-order valence-electron chi connectivity index (χ3n) is 9.73. The quantitative estimate of drug-likeness (QED) is 0.329. The number of Topliss-reactive ketones (excluding diaryl/α,β-unsaturated/α-hetero) is 1. The highest BCUT2D eigenvalue weighted by Gasteiger charge is 2.49. The zero-order valence-corrected chi connectivity index (χ0v) is 27.1. The zero-order chi connectivity index (χ0) is 32.1. The zero-order valence-electron chi connectivity index (χ0n) is 26.3. The number of halogens is 2. The van der Waals surface area contributed by atoms with E-state index in [1.165, 1.54) is 6.07 Å². The van der Waals surface area contributed by atoms with Crippen molar-refractivity contribution < 1.29 is 31.5 Å². The van der Waals surface area contributed by atoms with E-state index in [4.69, 9.17) is 4.74 Å². The number of sulfonamides is 1. The predicted octanol–water partition coefficient (Wildman–Crippen LogP) is 6.10. The van der Waals surface area contributed by atoms with Crippen LogP contribution in [-0.2, 0) is 25.0 Å². The average Bonchev–Trinajstić information content (AvgIpc) is 3.45. The van der Waals surface area contributed by atoms with Gasteiger partial charge in [-0.2, -0.15) is 0 Å². The molecule has 1 aliphatic heterocycles. The van der Waals surface area contributed by atoms with Crippen molar-refractivity contribution in [1.82, 2.24) is 10.0 Å². The Bertz CT molecular complexity index is 1550. The molecular formula is C34H44F2N2O5S. The molecular weight excluding hydrogens is 586 g/mol. The predicted molar refractivity (Wildman–Crippen MR) is 166 cm³/mol. The first-order valence-electron chi connectivity index (χ1n) is 15.6. The molecule has 3 aliphatic rings. The molecule has 0 aromatic heterocycles. The Morgan fingerprint density at radius 1 is 1.09 bits per heavy atom. The lowest BCUT2D eigenvalue weighted by Gasteiger charge is -2.30. The molecule has 2 N–H and O–H groups in total. The van der Waals surface area contributed by atoms with Crippen molar-refractivity contribution in [2.24, 2.45) is 5.92 Å². The number of hydrogen-bond donors (Lipinski definition) is 2. The Hall–Kier alpha value is -2.85. The maximum absolute atomic E-state index is 15.5. The number of alkyl halides is 1. The van der Waals surface area contributed by atoms with E-state index >= 15 is 8.78 Å². The Morgan fingerprint density at radius 2 is 1.82 bits per heavy atom. The monoisotopic (exact) mass is 630 g/mol. The molecule has 0 bridgehead atoms. The first kappa shape index (κ1) is 32.5. The topological polar surface area (TPSA) is 102 Å². The standard InChI is InChI=1S/C34H44F2N2O5S/c1-32(2)19-34(36,20-37-32)29(39)17-21-12-14-24(16-21)43-28-15-13-23(33(3,4)31(40)38-44(5,41)42)18-26(28)25-10-7-11-27(35)30(25)22-8-6-9-22/h7,10-11,13,15,18,21-22,24,37H,6,8-9,12,14,16-17,19-20H2,1-5H3,(H,38,40)/t21-,24-,34+/m1/s1. The molecule has 240 valence electrons. The molecule has 0 spiro atoms. The normalized spacial score (nSPS) is 25.4. The van der Waals surface area contributed by atoms with Gasteiger partial charge >= 0.3 is 0 Å². The minimum atomic E-state index is -3.77. The third-order valence-corrected chi connectivity index (χ3v) is 10.3. The Balaban J connectivity index is 1.42. The number of nitrogens with one attached hydrogen (secondary N) is 2. The van der Waals surface area contributed by atoms with Crippen LogP contribution in [0.2, 0.25) is 0 Å². The van der Waals surface area contributed by atoms with E-state index in [0.717, 1.165) is 31.9 Å². The fraction of sp³-hybridized carbons (Fsp3) is 0.588. The molecule has 2 aliphatic carbocycles. The fourth-order valence-corrected chi connectivity index (χ4v) is 7.48. The average molecular weight is 631 g/mol. The van der Waals surface area contributed by atoms with Crippen molar-refractivity contribution in [2.75, 3.05) is 12.8 Å². The van der Waals surface area contributed by atoms with Crippen molar-refractivity contribution in [3.05, 3.63) is 53.3 Å². The molecule has 2 saturated carbocycles. The highest BCUT2D eigenvalue weighted by Crippen LogP contribution is 2.46. The number of benzene rings is 2. The van der Waals surface area contributed by atoms with Crippen LogP contribution in [0.3, 0.4) is 0 Å². The van der Waals surface area contributed by atoms with Crippen molar-refractivity contribution in [3.8, 4) is 16.9 Å². The van der Waals surface area contributed by atoms with E-state index in [9.17, 15) is 18.0 Å². The van der Waals surface area contributed by atoms with E-state index in [0.29, 0.717) is 40.8 Å². The van der Waals surface area contributed by atoms with Crippen molar-refractivity contribution in [1.29, 1.82) is 0 Å². The summed E-state index contributed by atoms with van der Waals surface area (Å²) in [6.07, 6.45) is 5.87. The molecule has 10 heteroatoms. The van der Waals surface area contributed by atoms with Gasteiger partial charge in [0.1, 0.15) is 11.6 Å². The maximum atomic E-state index is 15.5. The number of ether oxygens (including phenoxy) is 1. The van der Waals surface area contributed by atoms with Gasteiger partial charge in [0, 0.05) is 30.5 Å². The van der Waals surface area contributed by atoms with Crippen LogP contribution in [0.25, 0.3) is 11.1 Å². The van der Waals surface area contributed by atoms with Gasteiger partial charge in [-0.15, -0.1) is 0 Å². The summed E-state index contributed by atoms with van der Waals surface area (Å²) in [6.45, 7) is 7.12.